The SMILES string of the molecule is Cc1c(CCc2cc(C=O)ccc2Cl)cccc1-c1ccccc1. The van der Waals surface area contributed by atoms with Crippen molar-refractivity contribution in [3.05, 3.63) is 94.0 Å². The molecule has 0 aliphatic carbocycles. The van der Waals surface area contributed by atoms with Crippen molar-refractivity contribution in [2.45, 2.75) is 19.8 Å². The van der Waals surface area contributed by atoms with Gasteiger partial charge in [-0.1, -0.05) is 66.2 Å². The fourth-order valence-corrected chi connectivity index (χ4v) is 3.23. The normalized spacial score (nSPS) is 10.6. The summed E-state index contributed by atoms with van der Waals surface area (Å²) in [5.41, 5.74) is 6.80. The van der Waals surface area contributed by atoms with Crippen molar-refractivity contribution in [2.24, 2.45) is 0 Å². The van der Waals surface area contributed by atoms with Crippen LogP contribution in [0.2, 0.25) is 5.02 Å². The van der Waals surface area contributed by atoms with Crippen LogP contribution >= 0.6 is 11.6 Å². The Bertz CT molecular complexity index is 853. The maximum absolute atomic E-state index is 11.0. The average molecular weight is 335 g/mol. The summed E-state index contributed by atoms with van der Waals surface area (Å²) < 4.78 is 0. The van der Waals surface area contributed by atoms with Gasteiger partial charge < -0.3 is 0 Å². The van der Waals surface area contributed by atoms with E-state index in [1.165, 1.54) is 22.3 Å². The van der Waals surface area contributed by atoms with Gasteiger partial charge in [0.1, 0.15) is 6.29 Å². The molecule has 0 saturated heterocycles. The molecule has 0 aromatic heterocycles. The third-order valence-electron chi connectivity index (χ3n) is 4.40. The lowest BCUT2D eigenvalue weighted by molar-refractivity contribution is 0.112. The number of carbonyl (C=O) groups excluding carboxylic acids is 1. The first-order valence-corrected chi connectivity index (χ1v) is 8.44. The Morgan fingerprint density at radius 2 is 1.62 bits per heavy atom. The summed E-state index contributed by atoms with van der Waals surface area (Å²) in [6.45, 7) is 2.17. The summed E-state index contributed by atoms with van der Waals surface area (Å²) >= 11 is 6.27. The van der Waals surface area contributed by atoms with Crippen LogP contribution in [0.5, 0.6) is 0 Å². The molecular weight excluding hydrogens is 316 g/mol. The summed E-state index contributed by atoms with van der Waals surface area (Å²) in [7, 11) is 0. The van der Waals surface area contributed by atoms with Gasteiger partial charge >= 0.3 is 0 Å². The fourth-order valence-electron chi connectivity index (χ4n) is 3.01. The summed E-state index contributed by atoms with van der Waals surface area (Å²) in [6.07, 6.45) is 2.58. The first-order valence-electron chi connectivity index (χ1n) is 8.06. The van der Waals surface area contributed by atoms with Crippen molar-refractivity contribution in [3.63, 3.8) is 0 Å². The molecule has 120 valence electrons. The van der Waals surface area contributed by atoms with Crippen LogP contribution in [0.3, 0.4) is 0 Å². The molecule has 0 N–H and O–H groups in total. The average Bonchev–Trinajstić information content (AvgIpc) is 2.63. The second kappa shape index (κ2) is 7.46. The molecule has 24 heavy (non-hydrogen) atoms. The minimum absolute atomic E-state index is 0.671. The smallest absolute Gasteiger partial charge is 0.150 e. The Hall–Kier alpha value is -2.38. The van der Waals surface area contributed by atoms with Crippen LogP contribution in [0.1, 0.15) is 27.0 Å². The molecule has 0 heterocycles. The Balaban J connectivity index is 1.85. The highest BCUT2D eigenvalue weighted by molar-refractivity contribution is 6.31. The van der Waals surface area contributed by atoms with Gasteiger partial charge in [0.15, 0.2) is 0 Å². The molecule has 3 aromatic carbocycles. The summed E-state index contributed by atoms with van der Waals surface area (Å²) in [5, 5.41) is 0.720. The standard InChI is InChI=1S/C22H19ClO/c1-16-18(8-5-9-21(16)19-6-3-2-4-7-19)11-12-20-14-17(15-24)10-13-22(20)23/h2-10,13-15H,11-12H2,1H3. The molecule has 0 atom stereocenters. The number of carbonyl (C=O) groups is 1. The number of aldehydes is 1. The van der Waals surface area contributed by atoms with Crippen LogP contribution in [-0.2, 0) is 12.8 Å². The maximum atomic E-state index is 11.0. The van der Waals surface area contributed by atoms with Gasteiger partial charge in [0, 0.05) is 10.6 Å². The molecule has 0 spiro atoms. The molecule has 1 nitrogen and oxygen atoms in total. The van der Waals surface area contributed by atoms with Crippen molar-refractivity contribution in [3.8, 4) is 11.1 Å². The number of aryl methyl sites for hydroxylation is 2. The van der Waals surface area contributed by atoms with Crippen molar-refractivity contribution in [1.82, 2.24) is 0 Å². The zero-order chi connectivity index (χ0) is 16.9. The molecule has 0 unspecified atom stereocenters. The predicted molar refractivity (Wildman–Crippen MR) is 101 cm³/mol. The van der Waals surface area contributed by atoms with E-state index in [1.54, 1.807) is 12.1 Å². The quantitative estimate of drug-likeness (QED) is 0.530. The summed E-state index contributed by atoms with van der Waals surface area (Å²) in [6, 6.07) is 22.3. The summed E-state index contributed by atoms with van der Waals surface area (Å²) in [5.74, 6) is 0. The van der Waals surface area contributed by atoms with Crippen LogP contribution in [0.15, 0.2) is 66.7 Å². The summed E-state index contributed by atoms with van der Waals surface area (Å²) in [4.78, 5) is 11.0. The number of hydrogen-bond acceptors (Lipinski definition) is 1. The van der Waals surface area contributed by atoms with Gasteiger partial charge in [0.2, 0.25) is 0 Å². The van der Waals surface area contributed by atoms with Crippen LogP contribution in [-0.4, -0.2) is 6.29 Å². The number of rotatable bonds is 5. The Kier molecular flexibility index (Phi) is 5.12. The maximum Gasteiger partial charge on any atom is 0.150 e. The van der Waals surface area contributed by atoms with E-state index in [0.717, 1.165) is 29.7 Å². The first-order chi connectivity index (χ1) is 11.7. The zero-order valence-electron chi connectivity index (χ0n) is 13.6. The Morgan fingerprint density at radius 3 is 2.38 bits per heavy atom. The second-order valence-electron chi connectivity index (χ2n) is 5.92. The number of benzene rings is 3. The van der Waals surface area contributed by atoms with Gasteiger partial charge in [-0.25, -0.2) is 0 Å². The lowest BCUT2D eigenvalue weighted by Gasteiger charge is -2.12. The fraction of sp³-hybridized carbons (Fsp3) is 0.136. The van der Waals surface area contributed by atoms with E-state index < -0.39 is 0 Å². The minimum Gasteiger partial charge on any atom is -0.298 e. The van der Waals surface area contributed by atoms with Gasteiger partial charge in [-0.05, 0) is 59.7 Å². The lowest BCUT2D eigenvalue weighted by Crippen LogP contribution is -1.97. The van der Waals surface area contributed by atoms with Crippen LogP contribution in [0.4, 0.5) is 0 Å². The van der Waals surface area contributed by atoms with Gasteiger partial charge in [0.05, 0.1) is 0 Å². The largest absolute Gasteiger partial charge is 0.298 e. The number of hydrogen-bond donors (Lipinski definition) is 0. The molecule has 3 rings (SSSR count). The van der Waals surface area contributed by atoms with Gasteiger partial charge in [-0.2, -0.15) is 0 Å². The zero-order valence-corrected chi connectivity index (χ0v) is 14.4. The van der Waals surface area contributed by atoms with Crippen molar-refractivity contribution >= 4 is 17.9 Å². The van der Waals surface area contributed by atoms with E-state index in [4.69, 9.17) is 11.6 Å². The molecule has 3 aromatic rings. The van der Waals surface area contributed by atoms with Gasteiger partial charge in [0.25, 0.3) is 0 Å². The Morgan fingerprint density at radius 1 is 0.875 bits per heavy atom. The van der Waals surface area contributed by atoms with Gasteiger partial charge in [-0.3, -0.25) is 4.79 Å². The second-order valence-corrected chi connectivity index (χ2v) is 6.33. The van der Waals surface area contributed by atoms with E-state index in [0.29, 0.717) is 5.56 Å². The molecule has 0 aliphatic heterocycles. The minimum atomic E-state index is 0.671. The highest BCUT2D eigenvalue weighted by atomic mass is 35.5. The van der Waals surface area contributed by atoms with Crippen molar-refractivity contribution in [1.29, 1.82) is 0 Å². The molecule has 0 fully saturated rings. The van der Waals surface area contributed by atoms with Crippen LogP contribution < -0.4 is 0 Å². The molecule has 0 saturated carbocycles. The molecule has 0 radical (unpaired) electrons. The topological polar surface area (TPSA) is 17.1 Å². The molecule has 0 amide bonds. The van der Waals surface area contributed by atoms with E-state index >= 15 is 0 Å². The monoisotopic (exact) mass is 334 g/mol. The van der Waals surface area contributed by atoms with E-state index in [1.807, 2.05) is 12.1 Å². The molecule has 0 aliphatic rings. The van der Waals surface area contributed by atoms with Crippen LogP contribution in [0.25, 0.3) is 11.1 Å². The molecular formula is C22H19ClO. The third-order valence-corrected chi connectivity index (χ3v) is 4.77. The van der Waals surface area contributed by atoms with Gasteiger partial charge in [-0.15, -0.1) is 0 Å². The highest BCUT2D eigenvalue weighted by Gasteiger charge is 2.08. The Labute approximate surface area is 147 Å². The highest BCUT2D eigenvalue weighted by Crippen LogP contribution is 2.27. The predicted octanol–water partition coefficient (Wildman–Crippen LogP) is 5.91. The molecule has 0 bridgehead atoms. The molecule has 2 heteroatoms. The van der Waals surface area contributed by atoms with Crippen molar-refractivity contribution < 1.29 is 4.79 Å². The van der Waals surface area contributed by atoms with Crippen molar-refractivity contribution in [2.75, 3.05) is 0 Å². The van der Waals surface area contributed by atoms with E-state index in [9.17, 15) is 4.79 Å². The number of halogens is 1. The third kappa shape index (κ3) is 3.58. The first kappa shape index (κ1) is 16.5. The van der Waals surface area contributed by atoms with E-state index in [-0.39, 0.29) is 0 Å². The van der Waals surface area contributed by atoms with Crippen LogP contribution in [0, 0.1) is 6.92 Å². The van der Waals surface area contributed by atoms with E-state index in [2.05, 4.69) is 49.4 Å². The lowest BCUT2D eigenvalue weighted by atomic mass is 9.93.